The maximum Gasteiger partial charge on any atom is 0.356 e. The molecule has 0 fully saturated rings. The lowest BCUT2D eigenvalue weighted by Gasteiger charge is -2.12. The molecule has 4 aromatic rings. The highest BCUT2D eigenvalue weighted by molar-refractivity contribution is 7.60. The van der Waals surface area contributed by atoms with Crippen LogP contribution in [-0.2, 0) is 4.57 Å². The molecule has 6 rings (SSSR count). The van der Waals surface area contributed by atoms with Crippen LogP contribution in [0.15, 0.2) is 66.7 Å². The molecule has 166 valence electrons. The van der Waals surface area contributed by atoms with Crippen molar-refractivity contribution in [2.24, 2.45) is 0 Å². The van der Waals surface area contributed by atoms with Crippen LogP contribution >= 0.6 is 7.60 Å². The van der Waals surface area contributed by atoms with Gasteiger partial charge in [0.05, 0.1) is 28.1 Å². The maximum absolute atomic E-state index is 12.3. The summed E-state index contributed by atoms with van der Waals surface area (Å²) in [6.45, 7) is 0. The molecule has 0 saturated carbocycles. The van der Waals surface area contributed by atoms with Gasteiger partial charge in [-0.2, -0.15) is 0 Å². The summed E-state index contributed by atoms with van der Waals surface area (Å²) in [5, 5.41) is -0.0417. The number of hydrogen-bond acceptors (Lipinski definition) is 3. The van der Waals surface area contributed by atoms with Crippen molar-refractivity contribution in [1.82, 2.24) is 19.9 Å². The highest BCUT2D eigenvalue weighted by Crippen LogP contribution is 2.40. The molecule has 0 atom stereocenters. The summed E-state index contributed by atoms with van der Waals surface area (Å²) < 4.78 is 12.3. The number of aromatic amines is 2. The minimum Gasteiger partial charge on any atom is -0.355 e. The topological polar surface area (TPSA) is 115 Å². The fraction of sp³-hybridized carbons (Fsp3) is 0. The summed E-state index contributed by atoms with van der Waals surface area (Å²) in [6, 6.07) is 20.2. The number of rotatable bonds is 2. The molecule has 0 radical (unpaired) electrons. The summed E-state index contributed by atoms with van der Waals surface area (Å²) in [5.41, 5.74) is 7.37. The Labute approximate surface area is 194 Å². The van der Waals surface area contributed by atoms with Gasteiger partial charge in [0, 0.05) is 33.2 Å². The minimum absolute atomic E-state index is 0.0417. The van der Waals surface area contributed by atoms with Gasteiger partial charge in [-0.3, -0.25) is 4.57 Å². The summed E-state index contributed by atoms with van der Waals surface area (Å²) in [4.78, 5) is 36.2. The highest BCUT2D eigenvalue weighted by atomic mass is 31.2. The zero-order chi connectivity index (χ0) is 23.3. The van der Waals surface area contributed by atoms with Gasteiger partial charge in [-0.05, 0) is 72.8 Å². The van der Waals surface area contributed by atoms with Gasteiger partial charge >= 0.3 is 7.60 Å². The first-order valence-electron chi connectivity index (χ1n) is 10.7. The largest absolute Gasteiger partial charge is 0.356 e. The Morgan fingerprint density at radius 2 is 1.26 bits per heavy atom. The van der Waals surface area contributed by atoms with E-state index in [0.717, 1.165) is 33.6 Å². The van der Waals surface area contributed by atoms with Crippen molar-refractivity contribution in [1.29, 1.82) is 0 Å². The van der Waals surface area contributed by atoms with Crippen molar-refractivity contribution in [3.05, 3.63) is 89.5 Å². The van der Waals surface area contributed by atoms with Crippen LogP contribution in [-0.4, -0.2) is 29.7 Å². The summed E-state index contributed by atoms with van der Waals surface area (Å²) in [6.07, 6.45) is 7.65. The standard InChI is InChI=1S/C26H19N4O3P/c31-34(32,33)25-4-2-1-3-22(25)26-23-11-9-20(29-23)14-18-7-5-16(27-18)13-17-6-8-19(28-17)15-21-10-12-24(26)30-21/h1-15,27,30H,(H2,31,32,33). The van der Waals surface area contributed by atoms with Crippen LogP contribution in [0.2, 0.25) is 0 Å². The van der Waals surface area contributed by atoms with Crippen molar-refractivity contribution in [2.45, 2.75) is 0 Å². The van der Waals surface area contributed by atoms with E-state index >= 15 is 0 Å². The molecule has 0 aliphatic carbocycles. The van der Waals surface area contributed by atoms with Crippen molar-refractivity contribution in [3.8, 4) is 11.1 Å². The summed E-state index contributed by atoms with van der Waals surface area (Å²) >= 11 is 0. The molecular formula is C26H19N4O3P. The normalized spacial score (nSPS) is 12.9. The Morgan fingerprint density at radius 3 is 1.97 bits per heavy atom. The zero-order valence-corrected chi connectivity index (χ0v) is 18.7. The second-order valence-corrected chi connectivity index (χ2v) is 9.69. The van der Waals surface area contributed by atoms with E-state index in [1.807, 2.05) is 66.8 Å². The van der Waals surface area contributed by atoms with Gasteiger partial charge in [-0.15, -0.1) is 0 Å². The average molecular weight is 466 g/mol. The monoisotopic (exact) mass is 466 g/mol. The number of benzene rings is 1. The SMILES string of the molecule is O=P(O)(O)c1ccccc1-c1c2nc(cc3ccc(cc4nc(cc5ccc1[nH]5)C=C4)[nH]3)C=C2. The smallest absolute Gasteiger partial charge is 0.355 e. The molecule has 7 nitrogen and oxygen atoms in total. The van der Waals surface area contributed by atoms with Gasteiger partial charge in [0.15, 0.2) is 0 Å². The minimum atomic E-state index is -4.53. The first-order valence-corrected chi connectivity index (χ1v) is 12.3. The first kappa shape index (κ1) is 20.6. The quantitative estimate of drug-likeness (QED) is 0.264. The fourth-order valence-electron chi connectivity index (χ4n) is 4.23. The number of nitrogens with one attached hydrogen (secondary N) is 2. The number of H-pyrrole nitrogens is 2. The Kier molecular flexibility index (Phi) is 4.71. The Balaban J connectivity index is 1.74. The number of hydrogen-bond donors (Lipinski definition) is 4. The number of aromatic nitrogens is 4. The fourth-order valence-corrected chi connectivity index (χ4v) is 5.01. The molecule has 0 spiro atoms. The van der Waals surface area contributed by atoms with E-state index in [1.165, 1.54) is 6.07 Å². The number of fused-ring (bicyclic) bond motifs is 8. The van der Waals surface area contributed by atoms with Crippen LogP contribution in [0.1, 0.15) is 22.8 Å². The summed E-state index contributed by atoms with van der Waals surface area (Å²) in [5.74, 6) is 0. The lowest BCUT2D eigenvalue weighted by molar-refractivity contribution is 0.387. The van der Waals surface area contributed by atoms with E-state index in [-0.39, 0.29) is 5.30 Å². The van der Waals surface area contributed by atoms with Gasteiger partial charge in [-0.25, -0.2) is 9.97 Å². The Morgan fingerprint density at radius 1 is 0.676 bits per heavy atom. The van der Waals surface area contributed by atoms with Crippen molar-refractivity contribution < 1.29 is 14.4 Å². The van der Waals surface area contributed by atoms with Crippen LogP contribution in [0.3, 0.4) is 0 Å². The van der Waals surface area contributed by atoms with Crippen LogP contribution in [0.25, 0.3) is 57.5 Å². The number of nitrogens with zero attached hydrogens (tertiary/aromatic N) is 2. The zero-order valence-electron chi connectivity index (χ0n) is 17.8. The molecular weight excluding hydrogens is 447 g/mol. The second kappa shape index (κ2) is 7.78. The third kappa shape index (κ3) is 3.82. The Bertz CT molecular complexity index is 1720. The molecule has 34 heavy (non-hydrogen) atoms. The van der Waals surface area contributed by atoms with Crippen LogP contribution in [0.4, 0.5) is 0 Å². The van der Waals surface area contributed by atoms with Gasteiger partial charge in [0.1, 0.15) is 0 Å². The van der Waals surface area contributed by atoms with Crippen LogP contribution < -0.4 is 5.30 Å². The molecule has 2 aliphatic heterocycles. The van der Waals surface area contributed by atoms with E-state index in [2.05, 4.69) is 15.0 Å². The second-order valence-electron chi connectivity index (χ2n) is 8.12. The predicted molar refractivity (Wildman–Crippen MR) is 136 cm³/mol. The van der Waals surface area contributed by atoms with E-state index in [0.29, 0.717) is 22.3 Å². The molecule has 0 saturated heterocycles. The molecule has 5 heterocycles. The molecule has 0 unspecified atom stereocenters. The Hall–Kier alpha value is -4.03. The molecule has 3 aromatic heterocycles. The van der Waals surface area contributed by atoms with Crippen molar-refractivity contribution in [3.63, 3.8) is 0 Å². The lowest BCUT2D eigenvalue weighted by Crippen LogP contribution is -2.08. The molecule has 8 heteroatoms. The summed E-state index contributed by atoms with van der Waals surface area (Å²) in [7, 11) is -4.53. The molecule has 1 aromatic carbocycles. The van der Waals surface area contributed by atoms with E-state index in [9.17, 15) is 14.4 Å². The predicted octanol–water partition coefficient (Wildman–Crippen LogP) is 5.13. The van der Waals surface area contributed by atoms with Gasteiger partial charge in [0.2, 0.25) is 0 Å². The maximum atomic E-state index is 12.3. The van der Waals surface area contributed by atoms with Gasteiger partial charge < -0.3 is 19.8 Å². The average Bonchev–Trinajstić information content (AvgIpc) is 3.59. The third-order valence-corrected chi connectivity index (χ3v) is 6.72. The lowest BCUT2D eigenvalue weighted by atomic mass is 10.0. The first-order chi connectivity index (χ1) is 16.4. The van der Waals surface area contributed by atoms with Crippen LogP contribution in [0.5, 0.6) is 0 Å². The van der Waals surface area contributed by atoms with E-state index in [1.54, 1.807) is 18.2 Å². The van der Waals surface area contributed by atoms with E-state index in [4.69, 9.17) is 4.98 Å². The van der Waals surface area contributed by atoms with Gasteiger partial charge in [0.25, 0.3) is 0 Å². The molecule has 0 amide bonds. The molecule has 2 aliphatic rings. The van der Waals surface area contributed by atoms with Crippen molar-refractivity contribution >= 4 is 59.3 Å². The van der Waals surface area contributed by atoms with Crippen molar-refractivity contribution in [2.75, 3.05) is 0 Å². The van der Waals surface area contributed by atoms with Gasteiger partial charge in [-0.1, -0.05) is 18.2 Å². The third-order valence-electron chi connectivity index (χ3n) is 5.71. The molecule has 4 N–H and O–H groups in total. The van der Waals surface area contributed by atoms with Crippen LogP contribution in [0, 0.1) is 0 Å². The van der Waals surface area contributed by atoms with E-state index < -0.39 is 7.60 Å². The highest BCUT2D eigenvalue weighted by Gasteiger charge is 2.24. The molecule has 8 bridgehead atoms.